The number of ether oxygens (including phenoxy) is 1. The molecule has 1 rings (SSSR count). The number of benzene rings is 1. The first-order valence-electron chi connectivity index (χ1n) is 9.88. The van der Waals surface area contributed by atoms with Gasteiger partial charge in [0.25, 0.3) is 5.91 Å². The number of primary amides is 1. The van der Waals surface area contributed by atoms with E-state index in [9.17, 15) is 18.9 Å². The normalized spacial score (nSPS) is 13.3. The number of carbonyl (C=O) groups is 3. The summed E-state index contributed by atoms with van der Waals surface area (Å²) < 4.78 is 28.0. The lowest BCUT2D eigenvalue weighted by Gasteiger charge is -2.22. The van der Waals surface area contributed by atoms with Crippen LogP contribution in [0.3, 0.4) is 0 Å². The van der Waals surface area contributed by atoms with Crippen molar-refractivity contribution >= 4 is 25.4 Å². The van der Waals surface area contributed by atoms with Crippen LogP contribution in [0.4, 0.5) is 0 Å². The van der Waals surface area contributed by atoms with Gasteiger partial charge in [-0.15, -0.1) is 0 Å². The lowest BCUT2D eigenvalue weighted by Crippen LogP contribution is -2.49. The first kappa shape index (κ1) is 25.8. The van der Waals surface area contributed by atoms with Crippen LogP contribution in [0.15, 0.2) is 24.3 Å². The molecule has 0 radical (unpaired) electrons. The van der Waals surface area contributed by atoms with Crippen molar-refractivity contribution in [1.29, 1.82) is 0 Å². The van der Waals surface area contributed by atoms with E-state index in [1.807, 2.05) is 0 Å². The van der Waals surface area contributed by atoms with Crippen molar-refractivity contribution in [3.63, 3.8) is 0 Å². The number of rotatable bonds is 13. The molecule has 0 unspecified atom stereocenters. The Kier molecular flexibility index (Phi) is 10.7. The van der Waals surface area contributed by atoms with Crippen LogP contribution in [0.5, 0.6) is 0 Å². The molecule has 1 aromatic carbocycles. The quantitative estimate of drug-likeness (QED) is 0.354. The van der Waals surface area contributed by atoms with Crippen molar-refractivity contribution < 1.29 is 32.7 Å². The second-order valence-electron chi connectivity index (χ2n) is 6.64. The molecule has 2 atom stereocenters. The third kappa shape index (κ3) is 8.26. The highest BCUT2D eigenvalue weighted by Crippen LogP contribution is 2.51. The fraction of sp³-hybridized carbons (Fsp3) is 0.550. The minimum absolute atomic E-state index is 0.0508. The zero-order valence-corrected chi connectivity index (χ0v) is 18.8. The van der Waals surface area contributed by atoms with Gasteiger partial charge in [0.15, 0.2) is 0 Å². The number of hydrogen-bond acceptors (Lipinski definition) is 7. The van der Waals surface area contributed by atoms with Gasteiger partial charge in [-0.2, -0.15) is 0 Å². The first-order chi connectivity index (χ1) is 14.2. The van der Waals surface area contributed by atoms with Gasteiger partial charge in [0, 0.05) is 5.56 Å². The maximum Gasteiger partial charge on any atom is 0.335 e. The van der Waals surface area contributed by atoms with E-state index in [-0.39, 0.29) is 38.0 Å². The number of carbonyl (C=O) groups excluding carboxylic acids is 3. The van der Waals surface area contributed by atoms with E-state index in [1.165, 1.54) is 0 Å². The van der Waals surface area contributed by atoms with E-state index < -0.39 is 37.3 Å². The molecule has 0 aliphatic carbocycles. The summed E-state index contributed by atoms with van der Waals surface area (Å²) in [5, 5.41) is 2.56. The van der Waals surface area contributed by atoms with Gasteiger partial charge >= 0.3 is 13.6 Å². The van der Waals surface area contributed by atoms with Crippen molar-refractivity contribution in [2.45, 2.75) is 46.3 Å². The lowest BCUT2D eigenvalue weighted by molar-refractivity contribution is -0.144. The second-order valence-corrected chi connectivity index (χ2v) is 8.70. The predicted octanol–water partition coefficient (Wildman–Crippen LogP) is 2.63. The molecule has 0 aromatic heterocycles. The highest BCUT2D eigenvalue weighted by molar-refractivity contribution is 7.53. The maximum atomic E-state index is 12.6. The zero-order chi connectivity index (χ0) is 22.7. The van der Waals surface area contributed by atoms with Crippen molar-refractivity contribution in [3.05, 3.63) is 35.4 Å². The molecule has 0 bridgehead atoms. The molecule has 2 amide bonds. The van der Waals surface area contributed by atoms with Crippen molar-refractivity contribution in [2.75, 3.05) is 19.8 Å². The molecule has 10 heteroatoms. The van der Waals surface area contributed by atoms with Crippen LogP contribution in [-0.4, -0.2) is 43.6 Å². The Labute approximate surface area is 177 Å². The summed E-state index contributed by atoms with van der Waals surface area (Å²) in [5.41, 5.74) is 6.37. The number of esters is 1. The molecule has 0 saturated heterocycles. The monoisotopic (exact) mass is 442 g/mol. The van der Waals surface area contributed by atoms with Gasteiger partial charge in [0.2, 0.25) is 5.91 Å². The summed E-state index contributed by atoms with van der Waals surface area (Å²) in [6.07, 6.45) is 0.0296. The van der Waals surface area contributed by atoms with E-state index >= 15 is 0 Å². The lowest BCUT2D eigenvalue weighted by atomic mass is 9.97. The van der Waals surface area contributed by atoms with Gasteiger partial charge in [0.1, 0.15) is 6.04 Å². The van der Waals surface area contributed by atoms with Crippen LogP contribution in [0.25, 0.3) is 0 Å². The molecule has 30 heavy (non-hydrogen) atoms. The maximum absolute atomic E-state index is 12.6. The van der Waals surface area contributed by atoms with E-state index in [0.717, 1.165) is 0 Å². The molecular weight excluding hydrogens is 411 g/mol. The van der Waals surface area contributed by atoms with Gasteiger partial charge in [-0.1, -0.05) is 19.1 Å². The molecule has 0 heterocycles. The standard InChI is InChI=1S/C20H31N2O7P/c1-5-27-17(23)12-14(4)18(19(21)24)22-20(25)16-10-8-15(9-11-16)13-30(26,28-6-2)29-7-3/h8-11,14,18H,5-7,12-13H2,1-4H3,(H2,21,24)(H,22,25)/t14-,18-/m1/s1. The molecule has 0 spiro atoms. The highest BCUT2D eigenvalue weighted by Gasteiger charge is 2.28. The van der Waals surface area contributed by atoms with E-state index in [2.05, 4.69) is 5.32 Å². The van der Waals surface area contributed by atoms with E-state index in [0.29, 0.717) is 5.56 Å². The second kappa shape index (κ2) is 12.5. The Hall–Kier alpha value is -2.22. The molecule has 168 valence electrons. The van der Waals surface area contributed by atoms with E-state index in [4.69, 9.17) is 19.5 Å². The minimum Gasteiger partial charge on any atom is -0.466 e. The van der Waals surface area contributed by atoms with Crippen molar-refractivity contribution in [3.8, 4) is 0 Å². The summed E-state index contributed by atoms with van der Waals surface area (Å²) >= 11 is 0. The van der Waals surface area contributed by atoms with E-state index in [1.54, 1.807) is 52.0 Å². The molecular formula is C20H31N2O7P. The number of amides is 2. The van der Waals surface area contributed by atoms with Crippen molar-refractivity contribution in [2.24, 2.45) is 11.7 Å². The molecule has 0 fully saturated rings. The highest BCUT2D eigenvalue weighted by atomic mass is 31.2. The summed E-state index contributed by atoms with van der Waals surface area (Å²) in [4.78, 5) is 36.0. The molecule has 9 nitrogen and oxygen atoms in total. The van der Waals surface area contributed by atoms with Crippen LogP contribution < -0.4 is 11.1 Å². The largest absolute Gasteiger partial charge is 0.466 e. The van der Waals surface area contributed by atoms with Gasteiger partial charge in [0.05, 0.1) is 32.4 Å². The molecule has 0 aliphatic heterocycles. The summed E-state index contributed by atoms with van der Waals surface area (Å²) in [6.45, 7) is 7.53. The summed E-state index contributed by atoms with van der Waals surface area (Å²) in [5.74, 6) is -2.26. The smallest absolute Gasteiger partial charge is 0.335 e. The van der Waals surface area contributed by atoms with Crippen LogP contribution >= 0.6 is 7.60 Å². The Morgan fingerprint density at radius 3 is 2.07 bits per heavy atom. The van der Waals surface area contributed by atoms with Crippen LogP contribution in [-0.2, 0) is 34.1 Å². The number of nitrogens with two attached hydrogens (primary N) is 1. The molecule has 1 aromatic rings. The zero-order valence-electron chi connectivity index (χ0n) is 17.9. The third-order valence-corrected chi connectivity index (χ3v) is 6.26. The Morgan fingerprint density at radius 2 is 1.60 bits per heavy atom. The molecule has 0 saturated carbocycles. The molecule has 0 aliphatic rings. The average Bonchev–Trinajstić information content (AvgIpc) is 2.66. The predicted molar refractivity (Wildman–Crippen MR) is 112 cm³/mol. The Balaban J connectivity index is 2.83. The Bertz CT molecular complexity index is 757. The van der Waals surface area contributed by atoms with Crippen LogP contribution in [0.1, 0.15) is 50.0 Å². The average molecular weight is 442 g/mol. The Morgan fingerprint density at radius 1 is 1.03 bits per heavy atom. The number of nitrogens with one attached hydrogen (secondary N) is 1. The minimum atomic E-state index is -3.25. The molecule has 3 N–H and O–H groups in total. The van der Waals surface area contributed by atoms with Crippen molar-refractivity contribution in [1.82, 2.24) is 5.32 Å². The van der Waals surface area contributed by atoms with Gasteiger partial charge in [-0.25, -0.2) is 0 Å². The topological polar surface area (TPSA) is 134 Å². The third-order valence-electron chi connectivity index (χ3n) is 4.20. The van der Waals surface area contributed by atoms with Gasteiger partial charge in [-0.3, -0.25) is 18.9 Å². The van der Waals surface area contributed by atoms with Crippen LogP contribution in [0, 0.1) is 5.92 Å². The first-order valence-corrected chi connectivity index (χ1v) is 11.6. The van der Waals surface area contributed by atoms with Crippen LogP contribution in [0.2, 0.25) is 0 Å². The fourth-order valence-electron chi connectivity index (χ4n) is 2.83. The summed E-state index contributed by atoms with van der Waals surface area (Å²) in [7, 11) is -3.25. The number of hydrogen-bond donors (Lipinski definition) is 2. The van der Waals surface area contributed by atoms with Gasteiger partial charge < -0.3 is 24.8 Å². The summed E-state index contributed by atoms with van der Waals surface area (Å²) in [6, 6.07) is 5.33. The fourth-order valence-corrected chi connectivity index (χ4v) is 4.53. The van der Waals surface area contributed by atoms with Gasteiger partial charge in [-0.05, 0) is 44.4 Å². The SMILES string of the molecule is CCOC(=O)C[C@@H](C)[C@@H](NC(=O)c1ccc(CP(=O)(OCC)OCC)cc1)C(N)=O.